The van der Waals surface area contributed by atoms with E-state index in [9.17, 15) is 9.59 Å². The topological polar surface area (TPSA) is 92.5 Å². The minimum Gasteiger partial charge on any atom is -0.411 e. The SMILES string of the molecule is CC(N)CCC[Si](O)(O)CCCN. The standard InChI is InChI=1S/C8H22N2O2Si/c1-8(10)4-2-6-13(11,12)7-3-5-9/h8,11-12H,2-7,9-10H2,1H3. The summed E-state index contributed by atoms with van der Waals surface area (Å²) in [5.41, 5.74) is 10.8. The van der Waals surface area contributed by atoms with E-state index >= 15 is 0 Å². The van der Waals surface area contributed by atoms with Gasteiger partial charge >= 0.3 is 8.56 Å². The molecule has 6 N–H and O–H groups in total. The highest BCUT2D eigenvalue weighted by molar-refractivity contribution is 6.64. The number of hydrogen-bond donors (Lipinski definition) is 4. The molecular formula is C8H22N2O2Si. The molecule has 0 amide bonds. The normalized spacial score (nSPS) is 14.5. The monoisotopic (exact) mass is 206 g/mol. The molecule has 0 bridgehead atoms. The fraction of sp³-hybridized carbons (Fsp3) is 1.00. The van der Waals surface area contributed by atoms with Crippen molar-refractivity contribution in [2.45, 2.75) is 44.3 Å². The van der Waals surface area contributed by atoms with Crippen LogP contribution in [0, 0.1) is 0 Å². The third kappa shape index (κ3) is 8.39. The van der Waals surface area contributed by atoms with Crippen molar-refractivity contribution in [1.82, 2.24) is 0 Å². The third-order valence-electron chi connectivity index (χ3n) is 2.02. The highest BCUT2D eigenvalue weighted by Crippen LogP contribution is 2.14. The Balaban J connectivity index is 3.50. The summed E-state index contributed by atoms with van der Waals surface area (Å²) in [4.78, 5) is 19.1. The Hall–Kier alpha value is 0.0569. The van der Waals surface area contributed by atoms with Crippen LogP contribution in [0.5, 0.6) is 0 Å². The van der Waals surface area contributed by atoms with Crippen molar-refractivity contribution in [1.29, 1.82) is 0 Å². The van der Waals surface area contributed by atoms with E-state index in [4.69, 9.17) is 11.5 Å². The Morgan fingerprint density at radius 1 is 1.23 bits per heavy atom. The van der Waals surface area contributed by atoms with E-state index in [1.54, 1.807) is 0 Å². The summed E-state index contributed by atoms with van der Waals surface area (Å²) in [7, 11) is -2.93. The predicted molar refractivity (Wildman–Crippen MR) is 56.4 cm³/mol. The Kier molecular flexibility index (Phi) is 6.53. The molecule has 1 atom stereocenters. The second-order valence-corrected chi connectivity index (χ2v) is 6.71. The lowest BCUT2D eigenvalue weighted by molar-refractivity contribution is 0.352. The molecule has 4 nitrogen and oxygen atoms in total. The first-order valence-corrected chi connectivity index (χ1v) is 7.19. The van der Waals surface area contributed by atoms with Crippen molar-refractivity contribution < 1.29 is 9.59 Å². The highest BCUT2D eigenvalue weighted by Gasteiger charge is 2.27. The third-order valence-corrected chi connectivity index (χ3v) is 4.33. The Bertz CT molecular complexity index is 131. The van der Waals surface area contributed by atoms with E-state index in [1.165, 1.54) is 0 Å². The van der Waals surface area contributed by atoms with Gasteiger partial charge in [-0.15, -0.1) is 0 Å². The molecule has 0 aromatic rings. The first-order chi connectivity index (χ1) is 5.98. The zero-order valence-electron chi connectivity index (χ0n) is 8.37. The van der Waals surface area contributed by atoms with Crippen LogP contribution in [0.4, 0.5) is 0 Å². The largest absolute Gasteiger partial charge is 0.411 e. The molecule has 0 aliphatic heterocycles. The number of hydrogen-bond acceptors (Lipinski definition) is 4. The molecular weight excluding hydrogens is 184 g/mol. The van der Waals surface area contributed by atoms with Crippen molar-refractivity contribution in [2.24, 2.45) is 11.5 Å². The summed E-state index contributed by atoms with van der Waals surface area (Å²) in [5.74, 6) is 0. The predicted octanol–water partition coefficient (Wildman–Crippen LogP) is -0.111. The Labute approximate surface area is 81.2 Å². The summed E-state index contributed by atoms with van der Waals surface area (Å²) in [6, 6.07) is 1.16. The second-order valence-electron chi connectivity index (χ2n) is 3.74. The molecule has 0 heterocycles. The van der Waals surface area contributed by atoms with Gasteiger partial charge < -0.3 is 21.1 Å². The van der Waals surface area contributed by atoms with Crippen molar-refractivity contribution in [3.8, 4) is 0 Å². The Morgan fingerprint density at radius 2 is 1.77 bits per heavy atom. The smallest absolute Gasteiger partial charge is 0.332 e. The van der Waals surface area contributed by atoms with Crippen molar-refractivity contribution in [3.05, 3.63) is 0 Å². The Morgan fingerprint density at radius 3 is 2.23 bits per heavy atom. The first kappa shape index (κ1) is 13.1. The zero-order chi connectivity index (χ0) is 10.3. The van der Waals surface area contributed by atoms with Crippen LogP contribution in [0.3, 0.4) is 0 Å². The molecule has 0 aliphatic rings. The van der Waals surface area contributed by atoms with E-state index in [0.717, 1.165) is 12.8 Å². The van der Waals surface area contributed by atoms with Gasteiger partial charge in [-0.05, 0) is 44.8 Å². The molecule has 13 heavy (non-hydrogen) atoms. The summed E-state index contributed by atoms with van der Waals surface area (Å²) in [5, 5.41) is 0. The fourth-order valence-electron chi connectivity index (χ4n) is 1.22. The minimum absolute atomic E-state index is 0.152. The van der Waals surface area contributed by atoms with Gasteiger partial charge in [0.2, 0.25) is 0 Å². The van der Waals surface area contributed by atoms with Gasteiger partial charge in [0.05, 0.1) is 0 Å². The van der Waals surface area contributed by atoms with E-state index in [-0.39, 0.29) is 6.04 Å². The maximum Gasteiger partial charge on any atom is 0.332 e. The molecule has 0 aromatic carbocycles. The van der Waals surface area contributed by atoms with Gasteiger partial charge in [0, 0.05) is 6.04 Å². The molecule has 0 spiro atoms. The van der Waals surface area contributed by atoms with Crippen molar-refractivity contribution in [3.63, 3.8) is 0 Å². The van der Waals surface area contributed by atoms with E-state index in [2.05, 4.69) is 0 Å². The highest BCUT2D eigenvalue weighted by atomic mass is 28.4. The molecule has 0 radical (unpaired) electrons. The van der Waals surface area contributed by atoms with Crippen LogP contribution in [-0.2, 0) is 0 Å². The van der Waals surface area contributed by atoms with Gasteiger partial charge in [0.15, 0.2) is 0 Å². The van der Waals surface area contributed by atoms with Gasteiger partial charge in [-0.1, -0.05) is 0 Å². The van der Waals surface area contributed by atoms with Gasteiger partial charge in [-0.2, -0.15) is 0 Å². The van der Waals surface area contributed by atoms with Gasteiger partial charge in [0.25, 0.3) is 0 Å². The van der Waals surface area contributed by atoms with Gasteiger partial charge in [0.1, 0.15) is 0 Å². The molecule has 1 unspecified atom stereocenters. The van der Waals surface area contributed by atoms with Crippen LogP contribution < -0.4 is 11.5 Å². The first-order valence-electron chi connectivity index (χ1n) is 4.88. The second kappa shape index (κ2) is 6.50. The molecule has 0 aliphatic carbocycles. The summed E-state index contributed by atoms with van der Waals surface area (Å²) >= 11 is 0. The quantitative estimate of drug-likeness (QED) is 0.437. The minimum atomic E-state index is -2.93. The lowest BCUT2D eigenvalue weighted by Gasteiger charge is -2.17. The van der Waals surface area contributed by atoms with Crippen LogP contribution in [0.1, 0.15) is 26.2 Å². The molecule has 0 aromatic heterocycles. The number of rotatable bonds is 7. The van der Waals surface area contributed by atoms with Gasteiger partial charge in [-0.3, -0.25) is 0 Å². The van der Waals surface area contributed by atoms with Crippen LogP contribution in [0.2, 0.25) is 12.1 Å². The average molecular weight is 206 g/mol. The van der Waals surface area contributed by atoms with E-state index in [0.29, 0.717) is 25.1 Å². The fourth-order valence-corrected chi connectivity index (χ4v) is 3.01. The van der Waals surface area contributed by atoms with E-state index < -0.39 is 8.56 Å². The molecule has 80 valence electrons. The summed E-state index contributed by atoms with van der Waals surface area (Å²) in [6.07, 6.45) is 2.37. The molecule has 0 saturated carbocycles. The van der Waals surface area contributed by atoms with Crippen LogP contribution in [0.25, 0.3) is 0 Å². The van der Waals surface area contributed by atoms with Crippen LogP contribution >= 0.6 is 0 Å². The molecule has 5 heteroatoms. The number of nitrogens with two attached hydrogens (primary N) is 2. The average Bonchev–Trinajstić information content (AvgIpc) is 2.00. The van der Waals surface area contributed by atoms with Gasteiger partial charge in [-0.25, -0.2) is 0 Å². The molecule has 0 fully saturated rings. The molecule has 0 saturated heterocycles. The van der Waals surface area contributed by atoms with Crippen molar-refractivity contribution in [2.75, 3.05) is 6.54 Å². The zero-order valence-corrected chi connectivity index (χ0v) is 9.37. The summed E-state index contributed by atoms with van der Waals surface area (Å²) < 4.78 is 0. The lowest BCUT2D eigenvalue weighted by atomic mass is 10.2. The molecule has 0 rings (SSSR count). The lowest BCUT2D eigenvalue weighted by Crippen LogP contribution is -2.35. The van der Waals surface area contributed by atoms with E-state index in [1.807, 2.05) is 6.92 Å². The van der Waals surface area contributed by atoms with Crippen LogP contribution in [-0.4, -0.2) is 30.7 Å². The maximum atomic E-state index is 9.56. The summed E-state index contributed by atoms with van der Waals surface area (Å²) in [6.45, 7) is 2.46. The van der Waals surface area contributed by atoms with Crippen molar-refractivity contribution >= 4 is 8.56 Å². The van der Waals surface area contributed by atoms with Crippen LogP contribution in [0.15, 0.2) is 0 Å². The maximum absolute atomic E-state index is 9.56.